The normalized spacial score (nSPS) is 37.6. The highest BCUT2D eigenvalue weighted by Crippen LogP contribution is 2.38. The van der Waals surface area contributed by atoms with Crippen LogP contribution in [0, 0.1) is 5.92 Å². The highest BCUT2D eigenvalue weighted by Gasteiger charge is 2.38. The molecule has 0 atom stereocenters. The predicted molar refractivity (Wildman–Crippen MR) is 69.6 cm³/mol. The molecule has 1 aliphatic carbocycles. The second-order valence-electron chi connectivity index (χ2n) is 4.95. The van der Waals surface area contributed by atoms with E-state index in [1.165, 1.54) is 32.1 Å². The van der Waals surface area contributed by atoms with Gasteiger partial charge in [0, 0.05) is 4.43 Å². The molecule has 1 aliphatic heterocycles. The van der Waals surface area contributed by atoms with Crippen LogP contribution in [-0.4, -0.2) is 29.3 Å². The van der Waals surface area contributed by atoms with Gasteiger partial charge in [0.15, 0.2) is 0 Å². The van der Waals surface area contributed by atoms with E-state index in [2.05, 4.69) is 29.5 Å². The third kappa shape index (κ3) is 2.86. The van der Waals surface area contributed by atoms with Crippen molar-refractivity contribution in [2.24, 2.45) is 5.92 Å². The van der Waals surface area contributed by atoms with Gasteiger partial charge in [-0.3, -0.25) is 0 Å². The van der Waals surface area contributed by atoms with Gasteiger partial charge >= 0.3 is 0 Å². The predicted octanol–water partition coefficient (Wildman–Crippen LogP) is 3.18. The van der Waals surface area contributed by atoms with Crippen LogP contribution >= 0.6 is 22.6 Å². The maximum atomic E-state index is 6.22. The van der Waals surface area contributed by atoms with E-state index in [9.17, 15) is 0 Å². The van der Waals surface area contributed by atoms with Gasteiger partial charge in [-0.1, -0.05) is 35.9 Å². The standard InChI is InChI=1S/C12H21IO2/c1-2-10-3-5-12(9-13,6-4-10)15-11-7-14-8-11/h10-11H,2-9H2,1H3. The zero-order chi connectivity index (χ0) is 10.7. The van der Waals surface area contributed by atoms with E-state index in [4.69, 9.17) is 9.47 Å². The maximum absolute atomic E-state index is 6.22. The Balaban J connectivity index is 1.85. The third-order valence-corrected chi connectivity index (χ3v) is 5.25. The van der Waals surface area contributed by atoms with Crippen molar-refractivity contribution in [1.82, 2.24) is 0 Å². The molecule has 2 aliphatic rings. The summed E-state index contributed by atoms with van der Waals surface area (Å²) in [6.07, 6.45) is 6.94. The molecule has 2 rings (SSSR count). The number of alkyl halides is 1. The monoisotopic (exact) mass is 324 g/mol. The molecular weight excluding hydrogens is 303 g/mol. The average molecular weight is 324 g/mol. The molecule has 2 nitrogen and oxygen atoms in total. The maximum Gasteiger partial charge on any atom is 0.105 e. The molecule has 0 radical (unpaired) electrons. The molecule has 1 heterocycles. The summed E-state index contributed by atoms with van der Waals surface area (Å²) < 4.78 is 12.5. The van der Waals surface area contributed by atoms with Crippen molar-refractivity contribution >= 4 is 22.6 Å². The lowest BCUT2D eigenvalue weighted by Gasteiger charge is -2.43. The van der Waals surface area contributed by atoms with E-state index in [0.29, 0.717) is 6.10 Å². The van der Waals surface area contributed by atoms with Gasteiger partial charge in [-0.05, 0) is 31.6 Å². The van der Waals surface area contributed by atoms with Gasteiger partial charge in [-0.25, -0.2) is 0 Å². The first-order valence-electron chi connectivity index (χ1n) is 6.09. The summed E-state index contributed by atoms with van der Waals surface area (Å²) in [5, 5.41) is 0. The molecule has 0 spiro atoms. The van der Waals surface area contributed by atoms with Crippen molar-refractivity contribution in [3.05, 3.63) is 0 Å². The first-order chi connectivity index (χ1) is 7.28. The Morgan fingerprint density at radius 3 is 2.40 bits per heavy atom. The average Bonchev–Trinajstić information content (AvgIpc) is 2.24. The zero-order valence-electron chi connectivity index (χ0n) is 9.51. The van der Waals surface area contributed by atoms with Crippen LogP contribution in [0.25, 0.3) is 0 Å². The van der Waals surface area contributed by atoms with Crippen molar-refractivity contribution in [1.29, 1.82) is 0 Å². The minimum atomic E-state index is 0.181. The zero-order valence-corrected chi connectivity index (χ0v) is 11.7. The Kier molecular flexibility index (Phi) is 4.30. The lowest BCUT2D eigenvalue weighted by Crippen LogP contribution is -2.48. The Hall–Kier alpha value is 0.650. The summed E-state index contributed by atoms with van der Waals surface area (Å²) in [6, 6.07) is 0. The van der Waals surface area contributed by atoms with Crippen LogP contribution < -0.4 is 0 Å². The van der Waals surface area contributed by atoms with Crippen LogP contribution in [-0.2, 0) is 9.47 Å². The van der Waals surface area contributed by atoms with E-state index < -0.39 is 0 Å². The molecule has 0 aromatic carbocycles. The van der Waals surface area contributed by atoms with Crippen LogP contribution in [0.2, 0.25) is 0 Å². The molecule has 1 saturated heterocycles. The van der Waals surface area contributed by atoms with Gasteiger partial charge in [0.1, 0.15) is 6.10 Å². The van der Waals surface area contributed by atoms with Gasteiger partial charge in [-0.15, -0.1) is 0 Å². The minimum Gasteiger partial charge on any atom is -0.376 e. The van der Waals surface area contributed by atoms with E-state index >= 15 is 0 Å². The Bertz CT molecular complexity index is 196. The number of rotatable bonds is 4. The van der Waals surface area contributed by atoms with Crippen molar-refractivity contribution in [3.8, 4) is 0 Å². The fourth-order valence-electron chi connectivity index (χ4n) is 2.53. The van der Waals surface area contributed by atoms with E-state index in [-0.39, 0.29) is 5.60 Å². The molecule has 15 heavy (non-hydrogen) atoms. The fraction of sp³-hybridized carbons (Fsp3) is 1.00. The van der Waals surface area contributed by atoms with Crippen LogP contribution in [0.15, 0.2) is 0 Å². The SMILES string of the molecule is CCC1CCC(CI)(OC2COC2)CC1. The van der Waals surface area contributed by atoms with Crippen molar-refractivity contribution in [2.45, 2.75) is 50.7 Å². The summed E-state index contributed by atoms with van der Waals surface area (Å²) in [7, 11) is 0. The van der Waals surface area contributed by atoms with E-state index in [0.717, 1.165) is 23.6 Å². The molecule has 2 fully saturated rings. The molecule has 0 unspecified atom stereocenters. The summed E-state index contributed by atoms with van der Waals surface area (Å²) in [4.78, 5) is 0. The molecular formula is C12H21IO2. The second kappa shape index (κ2) is 5.32. The Morgan fingerprint density at radius 2 is 2.00 bits per heavy atom. The summed E-state index contributed by atoms with van der Waals surface area (Å²) in [5.41, 5.74) is 0.181. The molecule has 0 aromatic heterocycles. The molecule has 3 heteroatoms. The first-order valence-corrected chi connectivity index (χ1v) is 7.62. The van der Waals surface area contributed by atoms with E-state index in [1.54, 1.807) is 0 Å². The molecule has 0 aromatic rings. The molecule has 0 N–H and O–H groups in total. The van der Waals surface area contributed by atoms with Gasteiger partial charge < -0.3 is 9.47 Å². The largest absolute Gasteiger partial charge is 0.376 e. The lowest BCUT2D eigenvalue weighted by molar-refractivity contribution is -0.195. The first kappa shape index (κ1) is 12.1. The Morgan fingerprint density at radius 1 is 1.33 bits per heavy atom. The van der Waals surface area contributed by atoms with Crippen LogP contribution in [0.4, 0.5) is 0 Å². The van der Waals surface area contributed by atoms with Gasteiger partial charge in [0.25, 0.3) is 0 Å². The smallest absolute Gasteiger partial charge is 0.105 e. The fourth-order valence-corrected chi connectivity index (χ4v) is 3.47. The quantitative estimate of drug-likeness (QED) is 0.584. The minimum absolute atomic E-state index is 0.181. The molecule has 0 amide bonds. The summed E-state index contributed by atoms with van der Waals surface area (Å²) in [6.45, 7) is 3.94. The van der Waals surface area contributed by atoms with Crippen LogP contribution in [0.3, 0.4) is 0 Å². The van der Waals surface area contributed by atoms with E-state index in [1.807, 2.05) is 0 Å². The van der Waals surface area contributed by atoms with Gasteiger partial charge in [0.2, 0.25) is 0 Å². The summed E-state index contributed by atoms with van der Waals surface area (Å²) in [5.74, 6) is 0.947. The summed E-state index contributed by atoms with van der Waals surface area (Å²) >= 11 is 2.49. The number of hydrogen-bond donors (Lipinski definition) is 0. The number of halogens is 1. The second-order valence-corrected chi connectivity index (χ2v) is 5.71. The highest BCUT2D eigenvalue weighted by molar-refractivity contribution is 14.1. The van der Waals surface area contributed by atoms with Crippen molar-refractivity contribution in [3.63, 3.8) is 0 Å². The molecule has 88 valence electrons. The topological polar surface area (TPSA) is 18.5 Å². The van der Waals surface area contributed by atoms with Crippen molar-refractivity contribution in [2.75, 3.05) is 17.6 Å². The van der Waals surface area contributed by atoms with Crippen molar-refractivity contribution < 1.29 is 9.47 Å². The van der Waals surface area contributed by atoms with Gasteiger partial charge in [0.05, 0.1) is 18.8 Å². The van der Waals surface area contributed by atoms with Crippen LogP contribution in [0.5, 0.6) is 0 Å². The van der Waals surface area contributed by atoms with Crippen LogP contribution in [0.1, 0.15) is 39.0 Å². The Labute approximate surface area is 106 Å². The molecule has 1 saturated carbocycles. The highest BCUT2D eigenvalue weighted by atomic mass is 127. The number of ether oxygens (including phenoxy) is 2. The van der Waals surface area contributed by atoms with Gasteiger partial charge in [-0.2, -0.15) is 0 Å². The molecule has 0 bridgehead atoms. The third-order valence-electron chi connectivity index (χ3n) is 3.86. The lowest BCUT2D eigenvalue weighted by atomic mass is 9.78. The number of hydrogen-bond acceptors (Lipinski definition) is 2.